The van der Waals surface area contributed by atoms with Crippen molar-refractivity contribution in [3.63, 3.8) is 0 Å². The first kappa shape index (κ1) is 8.22. The minimum absolute atomic E-state index is 1.07. The standard InChI is InChI=1S/C9H14/c1-5-6-9(4)7-8(2)3/h5-7H,4H2,1-3H3/b6-5+. The first-order chi connectivity index (χ1) is 4.16. The summed E-state index contributed by atoms with van der Waals surface area (Å²) in [6, 6.07) is 0. The molecular formula is C9H14. The van der Waals surface area contributed by atoms with Crippen molar-refractivity contribution in [1.82, 2.24) is 0 Å². The Morgan fingerprint density at radius 2 is 1.89 bits per heavy atom. The lowest BCUT2D eigenvalue weighted by Crippen LogP contribution is -1.68. The van der Waals surface area contributed by atoms with Crippen LogP contribution in [0.1, 0.15) is 20.8 Å². The van der Waals surface area contributed by atoms with E-state index in [4.69, 9.17) is 0 Å². The van der Waals surface area contributed by atoms with Crippen LogP contribution in [0.4, 0.5) is 0 Å². The van der Waals surface area contributed by atoms with Gasteiger partial charge in [-0.05, 0) is 26.3 Å². The predicted octanol–water partition coefficient (Wildman–Crippen LogP) is 3.08. The van der Waals surface area contributed by atoms with E-state index in [2.05, 4.69) is 26.5 Å². The Labute approximate surface area is 57.6 Å². The van der Waals surface area contributed by atoms with Crippen molar-refractivity contribution >= 4 is 0 Å². The van der Waals surface area contributed by atoms with Gasteiger partial charge in [-0.2, -0.15) is 0 Å². The van der Waals surface area contributed by atoms with Crippen molar-refractivity contribution in [1.29, 1.82) is 0 Å². The lowest BCUT2D eigenvalue weighted by Gasteiger charge is -1.89. The van der Waals surface area contributed by atoms with Crippen LogP contribution in [-0.4, -0.2) is 0 Å². The van der Waals surface area contributed by atoms with Crippen LogP contribution in [0, 0.1) is 0 Å². The molecule has 0 aliphatic carbocycles. The van der Waals surface area contributed by atoms with Crippen molar-refractivity contribution in [3.05, 3.63) is 36.0 Å². The maximum absolute atomic E-state index is 3.82. The van der Waals surface area contributed by atoms with Gasteiger partial charge < -0.3 is 0 Å². The second-order valence-electron chi connectivity index (χ2n) is 2.30. The molecule has 9 heavy (non-hydrogen) atoms. The lowest BCUT2D eigenvalue weighted by atomic mass is 10.2. The molecule has 0 unspecified atom stereocenters. The molecule has 0 fully saturated rings. The van der Waals surface area contributed by atoms with Crippen LogP contribution in [0.5, 0.6) is 0 Å². The minimum Gasteiger partial charge on any atom is -0.0918 e. The third-order valence-corrected chi connectivity index (χ3v) is 0.855. The molecule has 0 aromatic heterocycles. The number of hydrogen-bond donors (Lipinski definition) is 0. The van der Waals surface area contributed by atoms with Gasteiger partial charge in [0.05, 0.1) is 0 Å². The summed E-state index contributed by atoms with van der Waals surface area (Å²) in [5.41, 5.74) is 2.36. The van der Waals surface area contributed by atoms with E-state index < -0.39 is 0 Å². The van der Waals surface area contributed by atoms with Crippen LogP contribution < -0.4 is 0 Å². The predicted molar refractivity (Wildman–Crippen MR) is 43.4 cm³/mol. The Bertz CT molecular complexity index is 143. The smallest absolute Gasteiger partial charge is 0.0333 e. The fraction of sp³-hybridized carbons (Fsp3) is 0.333. The van der Waals surface area contributed by atoms with Gasteiger partial charge in [0, 0.05) is 0 Å². The van der Waals surface area contributed by atoms with E-state index in [9.17, 15) is 0 Å². The van der Waals surface area contributed by atoms with Gasteiger partial charge in [-0.25, -0.2) is 0 Å². The Hall–Kier alpha value is -0.780. The number of allylic oxidation sites excluding steroid dienone is 5. The third-order valence-electron chi connectivity index (χ3n) is 0.855. The van der Waals surface area contributed by atoms with E-state index in [0.717, 1.165) is 5.57 Å². The maximum Gasteiger partial charge on any atom is -0.0333 e. The van der Waals surface area contributed by atoms with Crippen LogP contribution in [0.2, 0.25) is 0 Å². The monoisotopic (exact) mass is 122 g/mol. The fourth-order valence-electron chi connectivity index (χ4n) is 0.633. The van der Waals surface area contributed by atoms with Crippen molar-refractivity contribution in [2.45, 2.75) is 20.8 Å². The van der Waals surface area contributed by atoms with E-state index in [0.29, 0.717) is 0 Å². The van der Waals surface area contributed by atoms with Gasteiger partial charge in [-0.15, -0.1) is 0 Å². The zero-order valence-corrected chi connectivity index (χ0v) is 6.44. The van der Waals surface area contributed by atoms with Crippen LogP contribution in [0.3, 0.4) is 0 Å². The van der Waals surface area contributed by atoms with Crippen molar-refractivity contribution in [3.8, 4) is 0 Å². The molecule has 0 atom stereocenters. The SMILES string of the molecule is C=C(C=C(C)C)/C=C/C. The summed E-state index contributed by atoms with van der Waals surface area (Å²) < 4.78 is 0. The molecule has 0 saturated heterocycles. The normalized spacial score (nSPS) is 9.67. The quantitative estimate of drug-likeness (QED) is 0.494. The summed E-state index contributed by atoms with van der Waals surface area (Å²) in [5.74, 6) is 0. The highest BCUT2D eigenvalue weighted by Gasteiger charge is 1.78. The van der Waals surface area contributed by atoms with Crippen LogP contribution in [0.25, 0.3) is 0 Å². The van der Waals surface area contributed by atoms with Gasteiger partial charge >= 0.3 is 0 Å². The molecular weight excluding hydrogens is 108 g/mol. The molecule has 0 nitrogen and oxygen atoms in total. The summed E-state index contributed by atoms with van der Waals surface area (Å²) >= 11 is 0. The van der Waals surface area contributed by atoms with Crippen molar-refractivity contribution < 1.29 is 0 Å². The maximum atomic E-state index is 3.82. The van der Waals surface area contributed by atoms with Gasteiger partial charge in [-0.1, -0.05) is 30.4 Å². The van der Waals surface area contributed by atoms with Crippen LogP contribution in [0.15, 0.2) is 36.0 Å². The molecule has 0 amide bonds. The molecule has 0 radical (unpaired) electrons. The molecule has 0 N–H and O–H groups in total. The summed E-state index contributed by atoms with van der Waals surface area (Å²) in [6.07, 6.45) is 6.04. The van der Waals surface area contributed by atoms with Gasteiger partial charge in [0.25, 0.3) is 0 Å². The second kappa shape index (κ2) is 4.13. The third kappa shape index (κ3) is 5.09. The molecule has 0 rings (SSSR count). The molecule has 0 heterocycles. The highest BCUT2D eigenvalue weighted by atomic mass is 13.8. The Morgan fingerprint density at radius 1 is 1.33 bits per heavy atom. The van der Waals surface area contributed by atoms with E-state index in [-0.39, 0.29) is 0 Å². The first-order valence-electron chi connectivity index (χ1n) is 3.13. The minimum atomic E-state index is 1.07. The summed E-state index contributed by atoms with van der Waals surface area (Å²) in [6.45, 7) is 9.94. The molecule has 0 aliphatic heterocycles. The first-order valence-corrected chi connectivity index (χ1v) is 3.13. The van der Waals surface area contributed by atoms with E-state index in [1.54, 1.807) is 0 Å². The van der Waals surface area contributed by atoms with Gasteiger partial charge in [0.1, 0.15) is 0 Å². The molecule has 0 aromatic rings. The summed E-state index contributed by atoms with van der Waals surface area (Å²) in [5, 5.41) is 0. The molecule has 0 saturated carbocycles. The average molecular weight is 122 g/mol. The lowest BCUT2D eigenvalue weighted by molar-refractivity contribution is 1.38. The van der Waals surface area contributed by atoms with Crippen LogP contribution in [-0.2, 0) is 0 Å². The molecule has 0 bridgehead atoms. The molecule has 0 spiro atoms. The highest BCUT2D eigenvalue weighted by Crippen LogP contribution is 1.99. The average Bonchev–Trinajstić information content (AvgIpc) is 1.63. The summed E-state index contributed by atoms with van der Waals surface area (Å²) in [7, 11) is 0. The fourth-order valence-corrected chi connectivity index (χ4v) is 0.633. The van der Waals surface area contributed by atoms with Gasteiger partial charge in [0.2, 0.25) is 0 Å². The molecule has 0 aromatic carbocycles. The van der Waals surface area contributed by atoms with E-state index in [1.165, 1.54) is 5.57 Å². The Balaban J connectivity index is 3.93. The molecule has 0 aliphatic rings. The largest absolute Gasteiger partial charge is 0.0918 e. The second-order valence-corrected chi connectivity index (χ2v) is 2.30. The topological polar surface area (TPSA) is 0 Å². The van der Waals surface area contributed by atoms with Gasteiger partial charge in [0.15, 0.2) is 0 Å². The van der Waals surface area contributed by atoms with E-state index >= 15 is 0 Å². The number of rotatable bonds is 2. The van der Waals surface area contributed by atoms with Crippen molar-refractivity contribution in [2.75, 3.05) is 0 Å². The van der Waals surface area contributed by atoms with Crippen molar-refractivity contribution in [2.24, 2.45) is 0 Å². The zero-order chi connectivity index (χ0) is 7.28. The molecule has 50 valence electrons. The highest BCUT2D eigenvalue weighted by molar-refractivity contribution is 5.28. The van der Waals surface area contributed by atoms with Gasteiger partial charge in [-0.3, -0.25) is 0 Å². The zero-order valence-electron chi connectivity index (χ0n) is 6.44. The van der Waals surface area contributed by atoms with E-state index in [1.807, 2.05) is 19.1 Å². The number of hydrogen-bond acceptors (Lipinski definition) is 0. The van der Waals surface area contributed by atoms with Crippen LogP contribution >= 0.6 is 0 Å². The Kier molecular flexibility index (Phi) is 3.78. The summed E-state index contributed by atoms with van der Waals surface area (Å²) in [4.78, 5) is 0. The Morgan fingerprint density at radius 3 is 2.22 bits per heavy atom. The molecule has 0 heteroatoms.